The van der Waals surface area contributed by atoms with Gasteiger partial charge in [-0.2, -0.15) is 0 Å². The van der Waals surface area contributed by atoms with Crippen LogP contribution in [-0.2, 0) is 4.79 Å². The van der Waals surface area contributed by atoms with Crippen LogP contribution in [0.5, 0.6) is 0 Å². The maximum atomic E-state index is 12.9. The summed E-state index contributed by atoms with van der Waals surface area (Å²) in [7, 11) is 0. The molecular formula is C22H33N5OS. The number of pyridine rings is 1. The Morgan fingerprint density at radius 2 is 1.93 bits per heavy atom. The molecule has 1 fully saturated rings. The van der Waals surface area contributed by atoms with E-state index < -0.39 is 0 Å². The largest absolute Gasteiger partial charge is 0.337 e. The number of hydrogen-bond acceptors (Lipinski definition) is 5. The van der Waals surface area contributed by atoms with Gasteiger partial charge in [0.2, 0.25) is 5.91 Å². The summed E-state index contributed by atoms with van der Waals surface area (Å²) in [5.41, 5.74) is 0.974. The van der Waals surface area contributed by atoms with Gasteiger partial charge in [0.05, 0.1) is 5.75 Å². The molecule has 0 aromatic carbocycles. The first-order valence-corrected chi connectivity index (χ1v) is 11.7. The molecule has 0 radical (unpaired) electrons. The van der Waals surface area contributed by atoms with Gasteiger partial charge in [0.25, 0.3) is 0 Å². The minimum absolute atomic E-state index is 0.147. The highest BCUT2D eigenvalue weighted by molar-refractivity contribution is 7.99. The average Bonchev–Trinajstić information content (AvgIpc) is 3.10. The predicted molar refractivity (Wildman–Crippen MR) is 118 cm³/mol. The monoisotopic (exact) mass is 415 g/mol. The Morgan fingerprint density at radius 1 is 1.21 bits per heavy atom. The molecular weight excluding hydrogens is 382 g/mol. The summed E-state index contributed by atoms with van der Waals surface area (Å²) >= 11 is 1.51. The van der Waals surface area contributed by atoms with E-state index in [-0.39, 0.29) is 18.0 Å². The van der Waals surface area contributed by atoms with E-state index in [1.54, 1.807) is 6.20 Å². The highest BCUT2D eigenvalue weighted by atomic mass is 32.2. The van der Waals surface area contributed by atoms with Gasteiger partial charge in [0.1, 0.15) is 0 Å². The number of hydrogen-bond donors (Lipinski definition) is 0. The van der Waals surface area contributed by atoms with E-state index in [2.05, 4.69) is 54.4 Å². The summed E-state index contributed by atoms with van der Waals surface area (Å²) < 4.78 is 2.27. The smallest absolute Gasteiger partial charge is 0.233 e. The highest BCUT2D eigenvalue weighted by Crippen LogP contribution is 2.38. The molecule has 7 heteroatoms. The lowest BCUT2D eigenvalue weighted by atomic mass is 9.85. The summed E-state index contributed by atoms with van der Waals surface area (Å²) in [6, 6.07) is 4.69. The summed E-state index contributed by atoms with van der Waals surface area (Å²) in [5.74, 6) is 1.95. The van der Waals surface area contributed by atoms with Gasteiger partial charge in [-0.1, -0.05) is 31.5 Å². The molecule has 0 aliphatic heterocycles. The standard InChI is InChI=1S/C22H33N5OS/c1-15(2)26(16(3)4)20(28)14-29-22-25-24-21(18-10-8-12-23-13-18)27(22)19-11-7-6-9-17(19)5/h8,10,12-13,15-17,19H,6-7,9,11,14H2,1-5H3/t17-,19-/m1/s1. The quantitative estimate of drug-likeness (QED) is 0.606. The maximum absolute atomic E-state index is 12.9. The first-order chi connectivity index (χ1) is 13.9. The molecule has 158 valence electrons. The second-order valence-electron chi connectivity index (χ2n) is 8.52. The van der Waals surface area contributed by atoms with Gasteiger partial charge in [0.15, 0.2) is 11.0 Å². The Morgan fingerprint density at radius 3 is 2.55 bits per heavy atom. The lowest BCUT2D eigenvalue weighted by Gasteiger charge is -2.32. The van der Waals surface area contributed by atoms with Crippen LogP contribution in [0, 0.1) is 5.92 Å². The van der Waals surface area contributed by atoms with Crippen LogP contribution >= 0.6 is 11.8 Å². The minimum Gasteiger partial charge on any atom is -0.337 e. The van der Waals surface area contributed by atoms with E-state index in [4.69, 9.17) is 0 Å². The zero-order chi connectivity index (χ0) is 21.0. The van der Waals surface area contributed by atoms with E-state index >= 15 is 0 Å². The van der Waals surface area contributed by atoms with E-state index in [9.17, 15) is 4.79 Å². The molecule has 0 spiro atoms. The molecule has 0 bridgehead atoms. The van der Waals surface area contributed by atoms with Crippen LogP contribution in [0.2, 0.25) is 0 Å². The van der Waals surface area contributed by atoms with Crippen molar-refractivity contribution in [3.8, 4) is 11.4 Å². The first kappa shape index (κ1) is 21.8. The Kier molecular flexibility index (Phi) is 7.33. The van der Waals surface area contributed by atoms with E-state index in [0.717, 1.165) is 23.0 Å². The number of nitrogens with zero attached hydrogens (tertiary/aromatic N) is 5. The molecule has 2 aromatic rings. The SMILES string of the molecule is CC(C)N(C(=O)CSc1nnc(-c2cccnc2)n1[C@@H]1CCCC[C@H]1C)C(C)C. The Labute approximate surface area is 178 Å². The normalized spacial score (nSPS) is 19.7. The second-order valence-corrected chi connectivity index (χ2v) is 9.47. The molecule has 1 saturated carbocycles. The van der Waals surface area contributed by atoms with Crippen LogP contribution in [0.4, 0.5) is 0 Å². The molecule has 6 nitrogen and oxygen atoms in total. The molecule has 0 saturated heterocycles. The molecule has 1 aliphatic carbocycles. The molecule has 2 aromatic heterocycles. The van der Waals surface area contributed by atoms with Gasteiger partial charge in [0, 0.05) is 36.1 Å². The maximum Gasteiger partial charge on any atom is 0.233 e. The molecule has 29 heavy (non-hydrogen) atoms. The van der Waals surface area contributed by atoms with Crippen molar-refractivity contribution in [2.75, 3.05) is 5.75 Å². The molecule has 3 rings (SSSR count). The third kappa shape index (κ3) is 5.00. The van der Waals surface area contributed by atoms with Gasteiger partial charge in [-0.05, 0) is 58.6 Å². The topological polar surface area (TPSA) is 63.9 Å². The highest BCUT2D eigenvalue weighted by Gasteiger charge is 2.29. The van der Waals surface area contributed by atoms with Gasteiger partial charge in [-0.3, -0.25) is 14.3 Å². The number of amides is 1. The fourth-order valence-corrected chi connectivity index (χ4v) is 5.28. The van der Waals surface area contributed by atoms with Crippen LogP contribution < -0.4 is 0 Å². The number of carbonyl (C=O) groups excluding carboxylic acids is 1. The molecule has 2 heterocycles. The number of thioether (sulfide) groups is 1. The summed E-state index contributed by atoms with van der Waals surface area (Å²) in [6.45, 7) is 10.6. The van der Waals surface area contributed by atoms with Crippen molar-refractivity contribution in [1.82, 2.24) is 24.6 Å². The second kappa shape index (κ2) is 9.74. The summed E-state index contributed by atoms with van der Waals surface area (Å²) in [6.07, 6.45) is 8.45. The van der Waals surface area contributed by atoms with E-state index in [1.807, 2.05) is 23.2 Å². The van der Waals surface area contributed by atoms with Crippen molar-refractivity contribution in [1.29, 1.82) is 0 Å². The minimum atomic E-state index is 0.147. The predicted octanol–water partition coefficient (Wildman–Crippen LogP) is 4.83. The molecule has 1 amide bonds. The summed E-state index contributed by atoms with van der Waals surface area (Å²) in [5, 5.41) is 9.85. The molecule has 2 atom stereocenters. The zero-order valence-corrected chi connectivity index (χ0v) is 19.0. The van der Waals surface area contributed by atoms with Crippen molar-refractivity contribution in [3.05, 3.63) is 24.5 Å². The Hall–Kier alpha value is -1.89. The van der Waals surface area contributed by atoms with Crippen LogP contribution in [0.15, 0.2) is 29.7 Å². The number of carbonyl (C=O) groups is 1. The van der Waals surface area contributed by atoms with Crippen molar-refractivity contribution in [2.24, 2.45) is 5.92 Å². The number of aromatic nitrogens is 4. The number of rotatable bonds is 7. The van der Waals surface area contributed by atoms with E-state index in [1.165, 1.54) is 31.0 Å². The van der Waals surface area contributed by atoms with Crippen molar-refractivity contribution in [3.63, 3.8) is 0 Å². The molecule has 0 N–H and O–H groups in total. The van der Waals surface area contributed by atoms with Crippen molar-refractivity contribution < 1.29 is 4.79 Å². The molecule has 1 aliphatic rings. The average molecular weight is 416 g/mol. The van der Waals surface area contributed by atoms with Crippen LogP contribution in [-0.4, -0.2) is 48.4 Å². The third-order valence-electron chi connectivity index (χ3n) is 5.71. The lowest BCUT2D eigenvalue weighted by molar-refractivity contribution is -0.131. The van der Waals surface area contributed by atoms with Gasteiger partial charge in [-0.15, -0.1) is 10.2 Å². The van der Waals surface area contributed by atoms with Crippen LogP contribution in [0.1, 0.15) is 66.3 Å². The fourth-order valence-electron chi connectivity index (χ4n) is 4.42. The van der Waals surface area contributed by atoms with Gasteiger partial charge in [-0.25, -0.2) is 0 Å². The first-order valence-electron chi connectivity index (χ1n) is 10.7. The zero-order valence-electron chi connectivity index (χ0n) is 18.2. The van der Waals surface area contributed by atoms with Crippen LogP contribution in [0.25, 0.3) is 11.4 Å². The van der Waals surface area contributed by atoms with Crippen LogP contribution in [0.3, 0.4) is 0 Å². The summed E-state index contributed by atoms with van der Waals surface area (Å²) in [4.78, 5) is 19.1. The Balaban J connectivity index is 1.88. The van der Waals surface area contributed by atoms with E-state index in [0.29, 0.717) is 17.7 Å². The van der Waals surface area contributed by atoms with Gasteiger partial charge >= 0.3 is 0 Å². The lowest BCUT2D eigenvalue weighted by Crippen LogP contribution is -2.43. The third-order valence-corrected chi connectivity index (χ3v) is 6.64. The molecule has 0 unspecified atom stereocenters. The van der Waals surface area contributed by atoms with Crippen molar-refractivity contribution in [2.45, 2.75) is 83.6 Å². The van der Waals surface area contributed by atoms with Gasteiger partial charge < -0.3 is 4.90 Å². The van der Waals surface area contributed by atoms with Crippen molar-refractivity contribution >= 4 is 17.7 Å². The Bertz CT molecular complexity index is 797. The fraction of sp³-hybridized carbons (Fsp3) is 0.636.